The summed E-state index contributed by atoms with van der Waals surface area (Å²) in [5.74, 6) is -6.07. The van der Waals surface area contributed by atoms with Crippen molar-refractivity contribution in [2.75, 3.05) is 0 Å². The Labute approximate surface area is 153 Å². The van der Waals surface area contributed by atoms with Crippen molar-refractivity contribution in [2.45, 2.75) is 66.2 Å². The van der Waals surface area contributed by atoms with Crippen molar-refractivity contribution in [3.8, 4) is 0 Å². The molecule has 0 aromatic carbocycles. The minimum absolute atomic E-state index is 0.00365. The molecule has 0 fully saturated rings. The van der Waals surface area contributed by atoms with E-state index in [0.29, 0.717) is 0 Å². The highest BCUT2D eigenvalue weighted by molar-refractivity contribution is 5.92. The molecule has 0 amide bonds. The number of carboxylic acid groups (broad SMARTS) is 4. The summed E-state index contributed by atoms with van der Waals surface area (Å²) in [5.41, 5.74) is -4.41. The molecule has 0 aromatic heterocycles. The lowest BCUT2D eigenvalue weighted by atomic mass is 9.55. The Morgan fingerprint density at radius 3 is 1.08 bits per heavy atom. The van der Waals surface area contributed by atoms with Crippen LogP contribution in [0.1, 0.15) is 66.2 Å². The SMILES string of the molecule is CC(C)CCC(CC(=O)O)(C(=O)O)C(CCC(C)C)(CC(=O)O)C(=O)O. The summed E-state index contributed by atoms with van der Waals surface area (Å²) in [7, 11) is 0. The molecule has 0 bridgehead atoms. The Hall–Kier alpha value is -2.12. The van der Waals surface area contributed by atoms with Crippen molar-refractivity contribution in [1.29, 1.82) is 0 Å². The highest BCUT2D eigenvalue weighted by atomic mass is 16.4. The summed E-state index contributed by atoms with van der Waals surface area (Å²) < 4.78 is 0. The zero-order valence-corrected chi connectivity index (χ0v) is 15.8. The van der Waals surface area contributed by atoms with Crippen LogP contribution in [-0.2, 0) is 19.2 Å². The summed E-state index contributed by atoms with van der Waals surface area (Å²) in [5, 5.41) is 38.5. The third-order valence-corrected chi connectivity index (χ3v) is 4.94. The van der Waals surface area contributed by atoms with Crippen LogP contribution in [0.25, 0.3) is 0 Å². The fourth-order valence-corrected chi connectivity index (χ4v) is 3.35. The van der Waals surface area contributed by atoms with E-state index in [-0.39, 0.29) is 37.5 Å². The average molecular weight is 374 g/mol. The Kier molecular flexibility index (Phi) is 8.76. The van der Waals surface area contributed by atoms with E-state index in [1.807, 2.05) is 0 Å². The Bertz CT molecular complexity index is 491. The molecule has 0 radical (unpaired) electrons. The van der Waals surface area contributed by atoms with E-state index in [1.165, 1.54) is 0 Å². The number of hydrogen-bond donors (Lipinski definition) is 4. The third kappa shape index (κ3) is 5.71. The van der Waals surface area contributed by atoms with Gasteiger partial charge in [0.1, 0.15) is 0 Å². The summed E-state index contributed by atoms with van der Waals surface area (Å²) in [4.78, 5) is 47.4. The van der Waals surface area contributed by atoms with Gasteiger partial charge in [-0.25, -0.2) is 0 Å². The minimum Gasteiger partial charge on any atom is -0.481 e. The van der Waals surface area contributed by atoms with Crippen LogP contribution in [0, 0.1) is 22.7 Å². The van der Waals surface area contributed by atoms with Crippen molar-refractivity contribution in [2.24, 2.45) is 22.7 Å². The number of rotatable bonds is 13. The van der Waals surface area contributed by atoms with Crippen LogP contribution in [0.4, 0.5) is 0 Å². The largest absolute Gasteiger partial charge is 0.481 e. The molecule has 0 saturated heterocycles. The van der Waals surface area contributed by atoms with E-state index in [0.717, 1.165) is 0 Å². The van der Waals surface area contributed by atoms with Gasteiger partial charge < -0.3 is 20.4 Å². The quantitative estimate of drug-likeness (QED) is 0.384. The summed E-state index contributed by atoms with van der Waals surface area (Å²) in [6.45, 7) is 7.23. The van der Waals surface area contributed by atoms with Crippen LogP contribution in [0.2, 0.25) is 0 Å². The molecule has 0 rings (SSSR count). The van der Waals surface area contributed by atoms with Crippen LogP contribution in [0.5, 0.6) is 0 Å². The highest BCUT2D eigenvalue weighted by Crippen LogP contribution is 2.53. The van der Waals surface area contributed by atoms with Crippen molar-refractivity contribution in [3.05, 3.63) is 0 Å². The predicted molar refractivity (Wildman–Crippen MR) is 92.8 cm³/mol. The normalized spacial score (nSPS) is 16.1. The van der Waals surface area contributed by atoms with Crippen LogP contribution in [-0.4, -0.2) is 44.3 Å². The van der Waals surface area contributed by atoms with Gasteiger partial charge in [-0.1, -0.05) is 27.7 Å². The molecule has 2 unspecified atom stereocenters. The Morgan fingerprint density at radius 2 is 0.923 bits per heavy atom. The maximum Gasteiger partial charge on any atom is 0.311 e. The molecule has 0 saturated carbocycles. The summed E-state index contributed by atoms with van der Waals surface area (Å²) in [6.07, 6.45) is -1.76. The van der Waals surface area contributed by atoms with Gasteiger partial charge in [0.2, 0.25) is 0 Å². The summed E-state index contributed by atoms with van der Waals surface area (Å²) in [6, 6.07) is 0. The molecule has 0 spiro atoms. The lowest BCUT2D eigenvalue weighted by Crippen LogP contribution is -2.55. The van der Waals surface area contributed by atoms with Gasteiger partial charge in [-0.15, -0.1) is 0 Å². The van der Waals surface area contributed by atoms with Gasteiger partial charge in [0, 0.05) is 0 Å². The maximum absolute atomic E-state index is 12.2. The smallest absolute Gasteiger partial charge is 0.311 e. The third-order valence-electron chi connectivity index (χ3n) is 4.94. The second kappa shape index (κ2) is 9.54. The van der Waals surface area contributed by atoms with Crippen LogP contribution >= 0.6 is 0 Å². The van der Waals surface area contributed by atoms with Crippen molar-refractivity contribution in [1.82, 2.24) is 0 Å². The molecular formula is C18H30O8. The van der Waals surface area contributed by atoms with Crippen LogP contribution in [0.15, 0.2) is 0 Å². The molecule has 2 atom stereocenters. The van der Waals surface area contributed by atoms with Gasteiger partial charge in [0.05, 0.1) is 23.7 Å². The fourth-order valence-electron chi connectivity index (χ4n) is 3.35. The van der Waals surface area contributed by atoms with E-state index in [1.54, 1.807) is 27.7 Å². The highest BCUT2D eigenvalue weighted by Gasteiger charge is 2.62. The van der Waals surface area contributed by atoms with Gasteiger partial charge in [-0.3, -0.25) is 19.2 Å². The van der Waals surface area contributed by atoms with Crippen LogP contribution in [0.3, 0.4) is 0 Å². The van der Waals surface area contributed by atoms with Gasteiger partial charge in [-0.2, -0.15) is 0 Å². The number of hydrogen-bond acceptors (Lipinski definition) is 4. The monoisotopic (exact) mass is 374 g/mol. The predicted octanol–water partition coefficient (Wildman–Crippen LogP) is 2.95. The van der Waals surface area contributed by atoms with Crippen molar-refractivity contribution < 1.29 is 39.6 Å². The lowest BCUT2D eigenvalue weighted by Gasteiger charge is -2.44. The molecule has 8 nitrogen and oxygen atoms in total. The van der Waals surface area contributed by atoms with E-state index in [2.05, 4.69) is 0 Å². The Morgan fingerprint density at radius 1 is 0.654 bits per heavy atom. The zero-order chi connectivity index (χ0) is 20.7. The number of aliphatic carboxylic acids is 4. The standard InChI is InChI=1S/C18H30O8/c1-11(2)5-7-17(15(23)24,9-13(19)20)18(16(25)26,10-14(21)22)8-6-12(3)4/h11-12H,5-10H2,1-4H3,(H,19,20)(H,21,22)(H,23,24)(H,25,26). The van der Waals surface area contributed by atoms with Gasteiger partial charge in [0.25, 0.3) is 0 Å². The van der Waals surface area contributed by atoms with E-state index >= 15 is 0 Å². The average Bonchev–Trinajstić information content (AvgIpc) is 2.46. The molecule has 0 heterocycles. The maximum atomic E-state index is 12.2. The molecule has 26 heavy (non-hydrogen) atoms. The molecule has 0 aliphatic carbocycles. The fraction of sp³-hybridized carbons (Fsp3) is 0.778. The molecule has 4 N–H and O–H groups in total. The van der Waals surface area contributed by atoms with E-state index in [9.17, 15) is 39.6 Å². The van der Waals surface area contributed by atoms with Gasteiger partial charge in [-0.05, 0) is 37.5 Å². The van der Waals surface area contributed by atoms with Gasteiger partial charge in [0.15, 0.2) is 0 Å². The molecule has 150 valence electrons. The number of carboxylic acids is 4. The first-order valence-electron chi connectivity index (χ1n) is 8.71. The van der Waals surface area contributed by atoms with Crippen molar-refractivity contribution in [3.63, 3.8) is 0 Å². The first-order valence-corrected chi connectivity index (χ1v) is 8.71. The van der Waals surface area contributed by atoms with E-state index in [4.69, 9.17) is 0 Å². The summed E-state index contributed by atoms with van der Waals surface area (Å²) >= 11 is 0. The molecule has 8 heteroatoms. The van der Waals surface area contributed by atoms with Crippen LogP contribution < -0.4 is 0 Å². The Balaban J connectivity index is 6.57. The first-order chi connectivity index (χ1) is 11.8. The molecule has 0 aromatic rings. The topological polar surface area (TPSA) is 149 Å². The lowest BCUT2D eigenvalue weighted by molar-refractivity contribution is -0.185. The van der Waals surface area contributed by atoms with Crippen molar-refractivity contribution >= 4 is 23.9 Å². The molecular weight excluding hydrogens is 344 g/mol. The van der Waals surface area contributed by atoms with E-state index < -0.39 is 47.5 Å². The molecule has 0 aliphatic rings. The second-order valence-corrected chi connectivity index (χ2v) is 7.78. The number of carbonyl (C=O) groups is 4. The molecule has 0 aliphatic heterocycles. The zero-order valence-electron chi connectivity index (χ0n) is 15.8. The first kappa shape index (κ1) is 23.9. The van der Waals surface area contributed by atoms with Gasteiger partial charge >= 0.3 is 23.9 Å². The second-order valence-electron chi connectivity index (χ2n) is 7.78. The minimum atomic E-state index is -2.21.